The molecule has 0 saturated heterocycles. The second kappa shape index (κ2) is 6.32. The van der Waals surface area contributed by atoms with Gasteiger partial charge in [-0.3, -0.25) is 0 Å². The molecule has 0 aliphatic rings. The third-order valence-electron chi connectivity index (χ3n) is 3.78. The van der Waals surface area contributed by atoms with E-state index < -0.39 is 5.41 Å². The Morgan fingerprint density at radius 2 is 2.00 bits per heavy atom. The van der Waals surface area contributed by atoms with Crippen molar-refractivity contribution in [2.45, 2.75) is 31.7 Å². The lowest BCUT2D eigenvalue weighted by atomic mass is 9.78. The highest BCUT2D eigenvalue weighted by Crippen LogP contribution is 2.27. The first-order valence-electron chi connectivity index (χ1n) is 6.98. The van der Waals surface area contributed by atoms with Gasteiger partial charge in [0.25, 0.3) is 0 Å². The van der Waals surface area contributed by atoms with E-state index in [9.17, 15) is 9.50 Å². The molecule has 1 atom stereocenters. The van der Waals surface area contributed by atoms with Gasteiger partial charge in [-0.2, -0.15) is 5.10 Å². The number of aromatic nitrogens is 3. The van der Waals surface area contributed by atoms with Gasteiger partial charge in [-0.25, -0.2) is 14.1 Å². The lowest BCUT2D eigenvalue weighted by Gasteiger charge is -2.31. The van der Waals surface area contributed by atoms with Crippen LogP contribution in [0.25, 0.3) is 0 Å². The molecule has 6 heteroatoms. The standard InChI is InChI=1S/C15H21FN4O/c1-11(2)20-14(18-10-19-20)7-15(8-17,9-21)12-3-5-13(16)6-4-12/h3-6,10-11,21H,7-9,17H2,1-2H3. The molecule has 1 heterocycles. The van der Waals surface area contributed by atoms with Crippen molar-refractivity contribution in [2.24, 2.45) is 5.73 Å². The van der Waals surface area contributed by atoms with Gasteiger partial charge < -0.3 is 10.8 Å². The van der Waals surface area contributed by atoms with Crippen molar-refractivity contribution in [3.05, 3.63) is 47.8 Å². The van der Waals surface area contributed by atoms with E-state index in [-0.39, 0.29) is 25.0 Å². The van der Waals surface area contributed by atoms with E-state index in [0.717, 1.165) is 11.4 Å². The van der Waals surface area contributed by atoms with Crippen molar-refractivity contribution < 1.29 is 9.50 Å². The van der Waals surface area contributed by atoms with Gasteiger partial charge in [-0.05, 0) is 31.5 Å². The molecular weight excluding hydrogens is 271 g/mol. The number of hydrogen-bond acceptors (Lipinski definition) is 4. The minimum atomic E-state index is -0.687. The van der Waals surface area contributed by atoms with E-state index in [2.05, 4.69) is 10.1 Å². The summed E-state index contributed by atoms with van der Waals surface area (Å²) in [7, 11) is 0. The number of nitrogens with two attached hydrogens (primary N) is 1. The van der Waals surface area contributed by atoms with Crippen molar-refractivity contribution in [1.82, 2.24) is 14.8 Å². The molecule has 0 aliphatic heterocycles. The number of aliphatic hydroxyl groups excluding tert-OH is 1. The molecule has 1 aromatic carbocycles. The van der Waals surface area contributed by atoms with Crippen molar-refractivity contribution in [3.63, 3.8) is 0 Å². The molecule has 1 unspecified atom stereocenters. The lowest BCUT2D eigenvalue weighted by molar-refractivity contribution is 0.192. The highest BCUT2D eigenvalue weighted by molar-refractivity contribution is 5.28. The van der Waals surface area contributed by atoms with Crippen LogP contribution < -0.4 is 5.73 Å². The molecule has 0 fully saturated rings. The predicted octanol–water partition coefficient (Wildman–Crippen LogP) is 1.43. The molecular formula is C15H21FN4O. The molecule has 3 N–H and O–H groups in total. The maximum atomic E-state index is 13.1. The van der Waals surface area contributed by atoms with Gasteiger partial charge >= 0.3 is 0 Å². The topological polar surface area (TPSA) is 77.0 Å². The molecule has 0 bridgehead atoms. The summed E-state index contributed by atoms with van der Waals surface area (Å²) in [6.07, 6.45) is 1.95. The second-order valence-electron chi connectivity index (χ2n) is 5.54. The van der Waals surface area contributed by atoms with Crippen LogP contribution in [-0.4, -0.2) is 33.0 Å². The van der Waals surface area contributed by atoms with Gasteiger partial charge in [0.05, 0.1) is 6.61 Å². The van der Waals surface area contributed by atoms with Crippen molar-refractivity contribution in [3.8, 4) is 0 Å². The molecule has 5 nitrogen and oxygen atoms in total. The van der Waals surface area contributed by atoms with Gasteiger partial charge in [-0.1, -0.05) is 12.1 Å². The number of halogens is 1. The molecule has 21 heavy (non-hydrogen) atoms. The smallest absolute Gasteiger partial charge is 0.138 e. The Bertz CT molecular complexity index is 576. The normalized spacial score (nSPS) is 14.4. The zero-order chi connectivity index (χ0) is 15.5. The van der Waals surface area contributed by atoms with Crippen molar-refractivity contribution >= 4 is 0 Å². The summed E-state index contributed by atoms with van der Waals surface area (Å²) in [5.74, 6) is 0.446. The third-order valence-corrected chi connectivity index (χ3v) is 3.78. The van der Waals surface area contributed by atoms with Crippen molar-refractivity contribution in [1.29, 1.82) is 0 Å². The maximum Gasteiger partial charge on any atom is 0.138 e. The molecule has 0 saturated carbocycles. The summed E-state index contributed by atoms with van der Waals surface area (Å²) in [5.41, 5.74) is 6.03. The number of hydrogen-bond donors (Lipinski definition) is 2. The van der Waals surface area contributed by atoms with Gasteiger partial charge in [-0.15, -0.1) is 0 Å². The van der Waals surface area contributed by atoms with E-state index in [0.29, 0.717) is 6.42 Å². The van der Waals surface area contributed by atoms with Gasteiger partial charge in [0.2, 0.25) is 0 Å². The maximum absolute atomic E-state index is 13.1. The first-order valence-corrected chi connectivity index (χ1v) is 6.98. The van der Waals surface area contributed by atoms with Crippen LogP contribution in [0.15, 0.2) is 30.6 Å². The molecule has 0 radical (unpaired) electrons. The Labute approximate surface area is 123 Å². The summed E-state index contributed by atoms with van der Waals surface area (Å²) in [5, 5.41) is 14.1. The Morgan fingerprint density at radius 3 is 2.52 bits per heavy atom. The number of aliphatic hydroxyl groups is 1. The minimum absolute atomic E-state index is 0.139. The second-order valence-corrected chi connectivity index (χ2v) is 5.54. The van der Waals surface area contributed by atoms with Gasteiger partial charge in [0, 0.05) is 24.4 Å². The van der Waals surface area contributed by atoms with Crippen LogP contribution in [0.2, 0.25) is 0 Å². The summed E-state index contributed by atoms with van der Waals surface area (Å²) in [4.78, 5) is 4.27. The van der Waals surface area contributed by atoms with Crippen LogP contribution in [0, 0.1) is 5.82 Å². The Hall–Kier alpha value is -1.79. The Kier molecular flexibility index (Phi) is 4.69. The zero-order valence-corrected chi connectivity index (χ0v) is 12.3. The molecule has 0 amide bonds. The number of benzene rings is 1. The van der Waals surface area contributed by atoms with E-state index in [1.807, 2.05) is 18.5 Å². The van der Waals surface area contributed by atoms with Crippen molar-refractivity contribution in [2.75, 3.05) is 13.2 Å². The Morgan fingerprint density at radius 1 is 1.33 bits per heavy atom. The fourth-order valence-electron chi connectivity index (χ4n) is 2.44. The summed E-state index contributed by atoms with van der Waals surface area (Å²) < 4.78 is 14.9. The molecule has 2 rings (SSSR count). The fourth-order valence-corrected chi connectivity index (χ4v) is 2.44. The van der Waals surface area contributed by atoms with Crippen LogP contribution >= 0.6 is 0 Å². The largest absolute Gasteiger partial charge is 0.395 e. The summed E-state index contributed by atoms with van der Waals surface area (Å²) >= 11 is 0. The van der Waals surface area contributed by atoms with Crippen LogP contribution in [0.1, 0.15) is 31.3 Å². The summed E-state index contributed by atoms with van der Waals surface area (Å²) in [6.45, 7) is 4.12. The lowest BCUT2D eigenvalue weighted by Crippen LogP contribution is -2.41. The number of nitrogens with zero attached hydrogens (tertiary/aromatic N) is 3. The van der Waals surface area contributed by atoms with Crippen LogP contribution in [0.4, 0.5) is 4.39 Å². The highest BCUT2D eigenvalue weighted by atomic mass is 19.1. The summed E-state index contributed by atoms with van der Waals surface area (Å²) in [6, 6.07) is 6.25. The molecule has 1 aromatic heterocycles. The zero-order valence-electron chi connectivity index (χ0n) is 12.3. The monoisotopic (exact) mass is 292 g/mol. The molecule has 114 valence electrons. The predicted molar refractivity (Wildman–Crippen MR) is 78.3 cm³/mol. The molecule has 2 aromatic rings. The average molecular weight is 292 g/mol. The minimum Gasteiger partial charge on any atom is -0.395 e. The quantitative estimate of drug-likeness (QED) is 0.844. The first kappa shape index (κ1) is 15.6. The first-order chi connectivity index (χ1) is 10.0. The molecule has 0 spiro atoms. The van der Waals surface area contributed by atoms with E-state index in [4.69, 9.17) is 5.73 Å². The van der Waals surface area contributed by atoms with Crippen LogP contribution in [0.5, 0.6) is 0 Å². The van der Waals surface area contributed by atoms with E-state index in [1.54, 1.807) is 12.1 Å². The van der Waals surface area contributed by atoms with Gasteiger partial charge in [0.1, 0.15) is 18.0 Å². The Balaban J connectivity index is 2.38. The highest BCUT2D eigenvalue weighted by Gasteiger charge is 2.32. The SMILES string of the molecule is CC(C)n1ncnc1CC(CN)(CO)c1ccc(F)cc1. The van der Waals surface area contributed by atoms with Crippen LogP contribution in [0.3, 0.4) is 0 Å². The van der Waals surface area contributed by atoms with Gasteiger partial charge in [0.15, 0.2) is 0 Å². The molecule has 0 aliphatic carbocycles. The fraction of sp³-hybridized carbons (Fsp3) is 0.467. The average Bonchev–Trinajstić information content (AvgIpc) is 2.94. The third kappa shape index (κ3) is 3.11. The number of rotatable bonds is 6. The van der Waals surface area contributed by atoms with E-state index in [1.165, 1.54) is 18.5 Å². The van der Waals surface area contributed by atoms with Crippen LogP contribution in [-0.2, 0) is 11.8 Å². The van der Waals surface area contributed by atoms with E-state index >= 15 is 0 Å².